The summed E-state index contributed by atoms with van der Waals surface area (Å²) in [6, 6.07) is 12.4. The lowest BCUT2D eigenvalue weighted by atomic mass is 10.0. The van der Waals surface area contributed by atoms with E-state index in [9.17, 15) is 18.0 Å². The molecular formula is C22H23F3N6O. The molecule has 4 rings (SSSR count). The molecule has 0 aliphatic carbocycles. The highest BCUT2D eigenvalue weighted by Gasteiger charge is 2.15. The standard InChI is InChI=1S/C22H23F3N6O/c23-19-11-16(15-1-4-18(5-2-15)29-9-7-27-8-10-29)3-6-20(19)30-14-28-31(22(30)32)13-17(12-26)21(24)25/h1-6,11,14,27H,7-10,12-13,26H2. The highest BCUT2D eigenvalue weighted by atomic mass is 19.3. The number of hydrogen-bond acceptors (Lipinski definition) is 5. The van der Waals surface area contributed by atoms with Crippen LogP contribution in [0.1, 0.15) is 0 Å². The molecule has 0 bridgehead atoms. The SMILES string of the molecule is NCC(Cn1ncn(-c2ccc(-c3ccc(N4CCNCC4)cc3)cc2F)c1=O)=C(F)F. The topological polar surface area (TPSA) is 81.1 Å². The minimum atomic E-state index is -1.95. The quantitative estimate of drug-likeness (QED) is 0.610. The predicted molar refractivity (Wildman–Crippen MR) is 117 cm³/mol. The molecule has 0 spiro atoms. The van der Waals surface area contributed by atoms with Gasteiger partial charge >= 0.3 is 5.69 Å². The summed E-state index contributed by atoms with van der Waals surface area (Å²) in [5.74, 6) is -0.624. The molecule has 7 nitrogen and oxygen atoms in total. The Hall–Kier alpha value is -3.37. The van der Waals surface area contributed by atoms with Gasteiger partial charge in [-0.25, -0.2) is 18.4 Å². The maximum atomic E-state index is 14.9. The molecule has 168 valence electrons. The van der Waals surface area contributed by atoms with Crippen molar-refractivity contribution in [1.29, 1.82) is 0 Å². The average Bonchev–Trinajstić information content (AvgIpc) is 3.17. The third kappa shape index (κ3) is 4.46. The zero-order valence-electron chi connectivity index (χ0n) is 17.3. The Morgan fingerprint density at radius 3 is 2.38 bits per heavy atom. The van der Waals surface area contributed by atoms with Crippen LogP contribution in [0.3, 0.4) is 0 Å². The molecule has 1 saturated heterocycles. The predicted octanol–water partition coefficient (Wildman–Crippen LogP) is 2.36. The molecule has 1 aliphatic heterocycles. The van der Waals surface area contributed by atoms with Crippen molar-refractivity contribution >= 4 is 5.69 Å². The normalized spacial score (nSPS) is 13.9. The molecule has 10 heteroatoms. The summed E-state index contributed by atoms with van der Waals surface area (Å²) in [6.07, 6.45) is -0.847. The Balaban J connectivity index is 1.56. The van der Waals surface area contributed by atoms with Gasteiger partial charge in [-0.3, -0.25) is 0 Å². The first-order chi connectivity index (χ1) is 15.5. The second-order valence-corrected chi connectivity index (χ2v) is 7.46. The van der Waals surface area contributed by atoms with Gasteiger partial charge in [0, 0.05) is 44.0 Å². The van der Waals surface area contributed by atoms with Gasteiger partial charge in [0.2, 0.25) is 0 Å². The molecule has 3 N–H and O–H groups in total. The van der Waals surface area contributed by atoms with E-state index in [0.717, 1.165) is 53.0 Å². The molecule has 1 fully saturated rings. The molecule has 0 saturated carbocycles. The first-order valence-electron chi connectivity index (χ1n) is 10.2. The van der Waals surface area contributed by atoms with Gasteiger partial charge in [-0.05, 0) is 35.4 Å². The molecule has 0 atom stereocenters. The Morgan fingerprint density at radius 2 is 1.75 bits per heavy atom. The summed E-state index contributed by atoms with van der Waals surface area (Å²) in [5.41, 5.74) is 6.75. The molecule has 0 amide bonds. The van der Waals surface area contributed by atoms with E-state index in [2.05, 4.69) is 15.3 Å². The minimum absolute atomic E-state index is 0.0126. The van der Waals surface area contributed by atoms with Crippen molar-refractivity contribution in [1.82, 2.24) is 19.7 Å². The highest BCUT2D eigenvalue weighted by Crippen LogP contribution is 2.26. The number of nitrogens with one attached hydrogen (secondary N) is 1. The van der Waals surface area contributed by atoms with Crippen LogP contribution in [0.4, 0.5) is 18.9 Å². The number of benzene rings is 2. The van der Waals surface area contributed by atoms with E-state index in [-0.39, 0.29) is 5.69 Å². The van der Waals surface area contributed by atoms with Crippen LogP contribution in [0, 0.1) is 5.82 Å². The average molecular weight is 444 g/mol. The van der Waals surface area contributed by atoms with E-state index < -0.39 is 36.3 Å². The van der Waals surface area contributed by atoms with Crippen LogP contribution in [0.2, 0.25) is 0 Å². The Bertz CT molecular complexity index is 1180. The first kappa shape index (κ1) is 21.8. The van der Waals surface area contributed by atoms with Crippen molar-refractivity contribution in [2.75, 3.05) is 37.6 Å². The van der Waals surface area contributed by atoms with Crippen LogP contribution in [-0.2, 0) is 6.54 Å². The lowest BCUT2D eigenvalue weighted by Gasteiger charge is -2.29. The zero-order valence-corrected chi connectivity index (χ0v) is 17.3. The van der Waals surface area contributed by atoms with Crippen molar-refractivity contribution in [3.63, 3.8) is 0 Å². The first-order valence-corrected chi connectivity index (χ1v) is 10.2. The van der Waals surface area contributed by atoms with Crippen molar-refractivity contribution in [3.05, 3.63) is 76.7 Å². The number of hydrogen-bond donors (Lipinski definition) is 2. The second-order valence-electron chi connectivity index (χ2n) is 7.46. The minimum Gasteiger partial charge on any atom is -0.369 e. The van der Waals surface area contributed by atoms with Crippen LogP contribution in [0.15, 0.2) is 65.2 Å². The Morgan fingerprint density at radius 1 is 1.06 bits per heavy atom. The molecule has 3 aromatic rings. The second kappa shape index (κ2) is 9.41. The smallest absolute Gasteiger partial charge is 0.350 e. The lowest BCUT2D eigenvalue weighted by molar-refractivity contribution is 0.400. The van der Waals surface area contributed by atoms with Gasteiger partial charge in [-0.1, -0.05) is 18.2 Å². The van der Waals surface area contributed by atoms with Gasteiger partial charge < -0.3 is 16.0 Å². The van der Waals surface area contributed by atoms with Gasteiger partial charge in [-0.15, -0.1) is 0 Å². The fraction of sp³-hybridized carbons (Fsp3) is 0.273. The van der Waals surface area contributed by atoms with E-state index in [4.69, 9.17) is 5.73 Å². The number of rotatable bonds is 6. The van der Waals surface area contributed by atoms with Crippen LogP contribution >= 0.6 is 0 Å². The number of anilines is 1. The third-order valence-corrected chi connectivity index (χ3v) is 5.48. The summed E-state index contributed by atoms with van der Waals surface area (Å²) >= 11 is 0. The lowest BCUT2D eigenvalue weighted by Crippen LogP contribution is -2.43. The number of piperazine rings is 1. The highest BCUT2D eigenvalue weighted by molar-refractivity contribution is 5.67. The summed E-state index contributed by atoms with van der Waals surface area (Å²) < 4.78 is 42.3. The number of nitrogens with two attached hydrogens (primary N) is 1. The van der Waals surface area contributed by atoms with Crippen LogP contribution in [0.5, 0.6) is 0 Å². The molecule has 0 radical (unpaired) electrons. The van der Waals surface area contributed by atoms with Crippen LogP contribution in [0.25, 0.3) is 16.8 Å². The van der Waals surface area contributed by atoms with Gasteiger partial charge in [-0.2, -0.15) is 13.9 Å². The Labute approximate surface area is 182 Å². The number of nitrogens with zero attached hydrogens (tertiary/aromatic N) is 4. The van der Waals surface area contributed by atoms with Gasteiger partial charge in [0.1, 0.15) is 12.1 Å². The van der Waals surface area contributed by atoms with E-state index in [1.165, 1.54) is 12.1 Å². The molecule has 0 unspecified atom stereocenters. The van der Waals surface area contributed by atoms with Gasteiger partial charge in [0.05, 0.1) is 12.2 Å². The van der Waals surface area contributed by atoms with Gasteiger partial charge in [0.15, 0.2) is 0 Å². The molecule has 1 aromatic heterocycles. The number of aromatic nitrogens is 3. The molecular weight excluding hydrogens is 421 g/mol. The van der Waals surface area contributed by atoms with Crippen LogP contribution in [-0.4, -0.2) is 47.1 Å². The van der Waals surface area contributed by atoms with E-state index in [1.54, 1.807) is 6.07 Å². The van der Waals surface area contributed by atoms with E-state index in [1.807, 2.05) is 24.3 Å². The fourth-order valence-corrected chi connectivity index (χ4v) is 3.66. The summed E-state index contributed by atoms with van der Waals surface area (Å²) in [6.45, 7) is 2.90. The van der Waals surface area contributed by atoms with Crippen molar-refractivity contribution < 1.29 is 13.2 Å². The fourth-order valence-electron chi connectivity index (χ4n) is 3.66. The van der Waals surface area contributed by atoms with Crippen molar-refractivity contribution in [3.8, 4) is 16.8 Å². The largest absolute Gasteiger partial charge is 0.369 e. The van der Waals surface area contributed by atoms with E-state index in [0.29, 0.717) is 5.56 Å². The summed E-state index contributed by atoms with van der Waals surface area (Å²) in [4.78, 5) is 14.8. The van der Waals surface area contributed by atoms with E-state index >= 15 is 0 Å². The summed E-state index contributed by atoms with van der Waals surface area (Å²) in [5, 5.41) is 7.12. The van der Waals surface area contributed by atoms with Gasteiger partial charge in [0.25, 0.3) is 6.08 Å². The Kier molecular flexibility index (Phi) is 6.42. The van der Waals surface area contributed by atoms with Crippen molar-refractivity contribution in [2.45, 2.75) is 6.54 Å². The maximum Gasteiger partial charge on any atom is 0.350 e. The molecule has 32 heavy (non-hydrogen) atoms. The maximum absolute atomic E-state index is 14.9. The molecule has 2 aromatic carbocycles. The monoisotopic (exact) mass is 444 g/mol. The summed E-state index contributed by atoms with van der Waals surface area (Å²) in [7, 11) is 0. The number of halogens is 3. The molecule has 2 heterocycles. The van der Waals surface area contributed by atoms with Crippen molar-refractivity contribution in [2.24, 2.45) is 5.73 Å². The molecule has 1 aliphatic rings. The zero-order chi connectivity index (χ0) is 22.7. The third-order valence-electron chi connectivity index (χ3n) is 5.48. The van der Waals surface area contributed by atoms with Crippen LogP contribution < -0.4 is 21.6 Å².